The number of benzene rings is 1. The Bertz CT molecular complexity index is 744. The molecule has 25 heavy (non-hydrogen) atoms. The van der Waals surface area contributed by atoms with Crippen molar-refractivity contribution in [3.63, 3.8) is 0 Å². The maximum atomic E-state index is 12.5. The molecule has 2 atom stereocenters. The van der Waals surface area contributed by atoms with E-state index in [1.54, 1.807) is 14.2 Å². The molecule has 0 saturated heterocycles. The molecule has 1 N–H and O–H groups in total. The molecule has 1 aliphatic carbocycles. The van der Waals surface area contributed by atoms with Gasteiger partial charge in [-0.2, -0.15) is 0 Å². The van der Waals surface area contributed by atoms with Crippen LogP contribution in [0.5, 0.6) is 11.5 Å². The van der Waals surface area contributed by atoms with Crippen LogP contribution in [0.2, 0.25) is 0 Å². The Kier molecular flexibility index (Phi) is 5.58. The number of hydrogen-bond acceptors (Lipinski definition) is 5. The molecule has 1 aromatic carbocycles. The van der Waals surface area contributed by atoms with E-state index in [2.05, 4.69) is 17.2 Å². The topological polar surface area (TPSA) is 60.5 Å². The van der Waals surface area contributed by atoms with Gasteiger partial charge in [0.25, 0.3) is 5.91 Å². The lowest BCUT2D eigenvalue weighted by atomic mass is 9.86. The van der Waals surface area contributed by atoms with Crippen molar-refractivity contribution in [3.05, 3.63) is 29.3 Å². The second kappa shape index (κ2) is 7.87. The highest BCUT2D eigenvalue weighted by Crippen LogP contribution is 2.33. The number of methoxy groups -OCH3 is 2. The largest absolute Gasteiger partial charge is 0.493 e. The van der Waals surface area contributed by atoms with Crippen molar-refractivity contribution in [2.45, 2.75) is 38.6 Å². The Morgan fingerprint density at radius 1 is 1.20 bits per heavy atom. The van der Waals surface area contributed by atoms with Crippen LogP contribution in [0.1, 0.15) is 43.1 Å². The second-order valence-electron chi connectivity index (χ2n) is 6.45. The zero-order valence-electron chi connectivity index (χ0n) is 14.9. The van der Waals surface area contributed by atoms with Crippen molar-refractivity contribution in [2.75, 3.05) is 14.2 Å². The van der Waals surface area contributed by atoms with Gasteiger partial charge < -0.3 is 14.8 Å². The number of thiazole rings is 1. The molecule has 6 heteroatoms. The molecule has 1 aromatic heterocycles. The van der Waals surface area contributed by atoms with E-state index in [1.165, 1.54) is 30.6 Å². The second-order valence-corrected chi connectivity index (χ2v) is 7.31. The molecular weight excluding hydrogens is 336 g/mol. The van der Waals surface area contributed by atoms with Gasteiger partial charge in [0.2, 0.25) is 0 Å². The molecule has 1 amide bonds. The first-order valence-electron chi connectivity index (χ1n) is 8.61. The highest BCUT2D eigenvalue weighted by Gasteiger charge is 2.24. The summed E-state index contributed by atoms with van der Waals surface area (Å²) in [5.74, 6) is 1.77. The number of carbonyl (C=O) groups excluding carboxylic acids is 1. The van der Waals surface area contributed by atoms with E-state index in [4.69, 9.17) is 9.47 Å². The third-order valence-corrected chi connectivity index (χ3v) is 5.69. The summed E-state index contributed by atoms with van der Waals surface area (Å²) in [7, 11) is 3.21. The molecule has 134 valence electrons. The Morgan fingerprint density at radius 3 is 2.68 bits per heavy atom. The zero-order chi connectivity index (χ0) is 17.8. The van der Waals surface area contributed by atoms with Gasteiger partial charge in [-0.3, -0.25) is 4.79 Å². The van der Waals surface area contributed by atoms with Crippen LogP contribution in [0.4, 0.5) is 0 Å². The molecule has 0 bridgehead atoms. The fourth-order valence-corrected chi connectivity index (χ4v) is 4.05. The van der Waals surface area contributed by atoms with Gasteiger partial charge in [0, 0.05) is 17.0 Å². The molecule has 1 fully saturated rings. The van der Waals surface area contributed by atoms with Gasteiger partial charge in [-0.15, -0.1) is 11.3 Å². The zero-order valence-corrected chi connectivity index (χ0v) is 15.7. The number of nitrogens with zero attached hydrogens (tertiary/aromatic N) is 1. The predicted octanol–water partition coefficient (Wildman–Crippen LogP) is 4.14. The van der Waals surface area contributed by atoms with Crippen LogP contribution in [-0.2, 0) is 0 Å². The van der Waals surface area contributed by atoms with E-state index in [9.17, 15) is 4.79 Å². The minimum absolute atomic E-state index is 0.0817. The molecule has 0 radical (unpaired) electrons. The predicted molar refractivity (Wildman–Crippen MR) is 99.5 cm³/mol. The van der Waals surface area contributed by atoms with Gasteiger partial charge in [0.1, 0.15) is 10.7 Å². The number of hydrogen-bond donors (Lipinski definition) is 1. The lowest BCUT2D eigenvalue weighted by molar-refractivity contribution is 0.0906. The Morgan fingerprint density at radius 2 is 1.96 bits per heavy atom. The molecule has 0 aliphatic heterocycles. The number of amides is 1. The van der Waals surface area contributed by atoms with Crippen LogP contribution < -0.4 is 14.8 Å². The molecule has 1 aliphatic rings. The summed E-state index contributed by atoms with van der Waals surface area (Å²) in [4.78, 5) is 17.0. The average Bonchev–Trinajstić information content (AvgIpc) is 3.13. The van der Waals surface area contributed by atoms with E-state index in [0.29, 0.717) is 23.1 Å². The smallest absolute Gasteiger partial charge is 0.271 e. The lowest BCUT2D eigenvalue weighted by Gasteiger charge is -2.29. The maximum absolute atomic E-state index is 12.5. The van der Waals surface area contributed by atoms with Gasteiger partial charge in [-0.1, -0.05) is 19.8 Å². The highest BCUT2D eigenvalue weighted by molar-refractivity contribution is 7.13. The van der Waals surface area contributed by atoms with E-state index in [1.807, 2.05) is 23.6 Å². The monoisotopic (exact) mass is 360 g/mol. The van der Waals surface area contributed by atoms with Crippen LogP contribution in [-0.4, -0.2) is 31.2 Å². The summed E-state index contributed by atoms with van der Waals surface area (Å²) in [5.41, 5.74) is 1.39. The van der Waals surface area contributed by atoms with Gasteiger partial charge in [0.15, 0.2) is 11.5 Å². The standard InChI is InChI=1S/C19H24N2O3S/c1-12-6-4-5-7-14(12)20-18(22)15-11-25-19(21-15)13-8-9-16(23-2)17(10-13)24-3/h8-12,14H,4-7H2,1-3H3,(H,20,22)/t12-,14+/m0/s1. The summed E-state index contributed by atoms with van der Waals surface area (Å²) in [6, 6.07) is 5.90. The molecule has 1 saturated carbocycles. The lowest BCUT2D eigenvalue weighted by Crippen LogP contribution is -2.41. The molecule has 0 unspecified atom stereocenters. The van der Waals surface area contributed by atoms with Crippen molar-refractivity contribution in [3.8, 4) is 22.1 Å². The van der Waals surface area contributed by atoms with Crippen molar-refractivity contribution in [1.82, 2.24) is 10.3 Å². The number of aromatic nitrogens is 1. The number of rotatable bonds is 5. The molecule has 2 aromatic rings. The molecule has 0 spiro atoms. The SMILES string of the molecule is COc1ccc(-c2nc(C(=O)N[C@@H]3CCCC[C@@H]3C)cs2)cc1OC. The first kappa shape index (κ1) is 17.7. The Hall–Kier alpha value is -2.08. The van der Waals surface area contributed by atoms with Crippen LogP contribution in [0.15, 0.2) is 23.6 Å². The van der Waals surface area contributed by atoms with E-state index in [0.717, 1.165) is 17.0 Å². The minimum atomic E-state index is -0.0817. The summed E-state index contributed by atoms with van der Waals surface area (Å²) in [5, 5.41) is 5.76. The van der Waals surface area contributed by atoms with Crippen molar-refractivity contribution < 1.29 is 14.3 Å². The van der Waals surface area contributed by atoms with Gasteiger partial charge in [-0.25, -0.2) is 4.98 Å². The third-order valence-electron chi connectivity index (χ3n) is 4.80. The van der Waals surface area contributed by atoms with Crippen LogP contribution in [0, 0.1) is 5.92 Å². The van der Waals surface area contributed by atoms with Crippen LogP contribution in [0.3, 0.4) is 0 Å². The maximum Gasteiger partial charge on any atom is 0.271 e. The Labute approximate surface area is 152 Å². The fourth-order valence-electron chi connectivity index (χ4n) is 3.25. The number of ether oxygens (including phenoxy) is 2. The van der Waals surface area contributed by atoms with Crippen LogP contribution >= 0.6 is 11.3 Å². The fraction of sp³-hybridized carbons (Fsp3) is 0.474. The van der Waals surface area contributed by atoms with E-state index < -0.39 is 0 Å². The molecule has 3 rings (SSSR count). The molecule has 5 nitrogen and oxygen atoms in total. The average molecular weight is 360 g/mol. The van der Waals surface area contributed by atoms with Gasteiger partial charge in [-0.05, 0) is 37.0 Å². The van der Waals surface area contributed by atoms with Gasteiger partial charge in [0.05, 0.1) is 14.2 Å². The first-order valence-corrected chi connectivity index (χ1v) is 9.49. The van der Waals surface area contributed by atoms with Crippen molar-refractivity contribution in [1.29, 1.82) is 0 Å². The minimum Gasteiger partial charge on any atom is -0.493 e. The molecule has 1 heterocycles. The van der Waals surface area contributed by atoms with Crippen molar-refractivity contribution in [2.24, 2.45) is 5.92 Å². The van der Waals surface area contributed by atoms with Crippen molar-refractivity contribution >= 4 is 17.2 Å². The third kappa shape index (κ3) is 3.95. The molecular formula is C19H24N2O3S. The van der Waals surface area contributed by atoms with E-state index in [-0.39, 0.29) is 11.9 Å². The number of carbonyl (C=O) groups is 1. The first-order chi connectivity index (χ1) is 12.1. The summed E-state index contributed by atoms with van der Waals surface area (Å²) < 4.78 is 10.6. The van der Waals surface area contributed by atoms with E-state index >= 15 is 0 Å². The summed E-state index contributed by atoms with van der Waals surface area (Å²) >= 11 is 1.46. The highest BCUT2D eigenvalue weighted by atomic mass is 32.1. The normalized spacial score (nSPS) is 20.1. The Balaban J connectivity index is 1.74. The summed E-state index contributed by atoms with van der Waals surface area (Å²) in [6.07, 6.45) is 4.68. The van der Waals surface area contributed by atoms with Crippen LogP contribution in [0.25, 0.3) is 10.6 Å². The number of nitrogens with one attached hydrogen (secondary N) is 1. The quantitative estimate of drug-likeness (QED) is 0.871. The summed E-state index contributed by atoms with van der Waals surface area (Å²) in [6.45, 7) is 2.21. The van der Waals surface area contributed by atoms with Gasteiger partial charge >= 0.3 is 0 Å².